The van der Waals surface area contributed by atoms with Gasteiger partial charge < -0.3 is 14.2 Å². The van der Waals surface area contributed by atoms with Gasteiger partial charge in [0.15, 0.2) is 5.79 Å². The lowest BCUT2D eigenvalue weighted by Gasteiger charge is -2.16. The summed E-state index contributed by atoms with van der Waals surface area (Å²) in [5.41, 5.74) is 0. The molecule has 4 nitrogen and oxygen atoms in total. The number of hydrogen-bond donors (Lipinski definition) is 0. The fourth-order valence-electron chi connectivity index (χ4n) is 1.13. The highest BCUT2D eigenvalue weighted by atomic mass is 16.7. The fraction of sp³-hybridized carbons (Fsp3) is 0.889. The van der Waals surface area contributed by atoms with Crippen LogP contribution in [-0.2, 0) is 19.0 Å². The highest BCUT2D eigenvalue weighted by Crippen LogP contribution is 2.22. The van der Waals surface area contributed by atoms with Crippen LogP contribution in [0.3, 0.4) is 0 Å². The van der Waals surface area contributed by atoms with E-state index in [9.17, 15) is 4.79 Å². The number of carbonyl (C=O) groups is 1. The minimum atomic E-state index is -0.538. The van der Waals surface area contributed by atoms with E-state index in [0.29, 0.717) is 13.0 Å². The van der Waals surface area contributed by atoms with Gasteiger partial charge in [-0.1, -0.05) is 6.92 Å². The molecule has 0 bridgehead atoms. The fourth-order valence-corrected chi connectivity index (χ4v) is 1.13. The van der Waals surface area contributed by atoms with Crippen molar-refractivity contribution in [2.45, 2.75) is 39.1 Å². The van der Waals surface area contributed by atoms with Crippen LogP contribution in [0.5, 0.6) is 0 Å². The molecule has 0 aromatic rings. The van der Waals surface area contributed by atoms with Gasteiger partial charge in [-0.05, 0) is 13.8 Å². The van der Waals surface area contributed by atoms with Crippen molar-refractivity contribution in [1.82, 2.24) is 0 Å². The van der Waals surface area contributed by atoms with Crippen LogP contribution in [0.2, 0.25) is 0 Å². The summed E-state index contributed by atoms with van der Waals surface area (Å²) in [6, 6.07) is 0. The lowest BCUT2D eigenvalue weighted by Crippen LogP contribution is -2.25. The normalized spacial score (nSPS) is 25.9. The molecule has 0 amide bonds. The van der Waals surface area contributed by atoms with Crippen molar-refractivity contribution >= 4 is 5.97 Å². The molecule has 13 heavy (non-hydrogen) atoms. The highest BCUT2D eigenvalue weighted by molar-refractivity contribution is 5.68. The Kier molecular flexibility index (Phi) is 3.27. The summed E-state index contributed by atoms with van der Waals surface area (Å²) in [6.07, 6.45) is 0.280. The lowest BCUT2D eigenvalue weighted by atomic mass is 10.4. The van der Waals surface area contributed by atoms with Crippen molar-refractivity contribution in [3.63, 3.8) is 0 Å². The molecule has 0 aliphatic carbocycles. The van der Waals surface area contributed by atoms with Crippen LogP contribution in [0.4, 0.5) is 0 Å². The third kappa shape index (κ3) is 3.32. The first-order valence-corrected chi connectivity index (χ1v) is 4.51. The topological polar surface area (TPSA) is 44.8 Å². The Labute approximate surface area is 78.2 Å². The number of rotatable bonds is 3. The molecule has 0 saturated carbocycles. The lowest BCUT2D eigenvalue weighted by molar-refractivity contribution is -0.158. The Bertz CT molecular complexity index is 188. The standard InChI is InChI=1S/C9H16O4/c1-4-8(10)11-5-7-6-12-9(2,3)13-7/h7H,4-6H2,1-3H3. The minimum absolute atomic E-state index is 0.120. The van der Waals surface area contributed by atoms with Gasteiger partial charge in [-0.2, -0.15) is 0 Å². The second-order valence-corrected chi connectivity index (χ2v) is 3.49. The maximum absolute atomic E-state index is 10.8. The van der Waals surface area contributed by atoms with Crippen LogP contribution in [0.15, 0.2) is 0 Å². The van der Waals surface area contributed by atoms with Crippen molar-refractivity contribution in [2.24, 2.45) is 0 Å². The molecular weight excluding hydrogens is 172 g/mol. The molecule has 1 heterocycles. The molecule has 0 N–H and O–H groups in total. The molecule has 0 spiro atoms. The average molecular weight is 188 g/mol. The molecule has 1 rings (SSSR count). The van der Waals surface area contributed by atoms with Crippen molar-refractivity contribution in [3.05, 3.63) is 0 Å². The van der Waals surface area contributed by atoms with Crippen molar-refractivity contribution < 1.29 is 19.0 Å². The third-order valence-corrected chi connectivity index (χ3v) is 1.79. The van der Waals surface area contributed by atoms with E-state index < -0.39 is 5.79 Å². The molecule has 1 unspecified atom stereocenters. The van der Waals surface area contributed by atoms with Crippen LogP contribution in [0, 0.1) is 0 Å². The van der Waals surface area contributed by atoms with Gasteiger partial charge >= 0.3 is 5.97 Å². The summed E-state index contributed by atoms with van der Waals surface area (Å²) in [5.74, 6) is -0.739. The smallest absolute Gasteiger partial charge is 0.305 e. The molecular formula is C9H16O4. The average Bonchev–Trinajstić information content (AvgIpc) is 2.41. The second kappa shape index (κ2) is 4.07. The zero-order valence-corrected chi connectivity index (χ0v) is 8.33. The Morgan fingerprint density at radius 3 is 2.77 bits per heavy atom. The van der Waals surface area contributed by atoms with Gasteiger partial charge in [-0.15, -0.1) is 0 Å². The summed E-state index contributed by atoms with van der Waals surface area (Å²) in [6.45, 7) is 6.22. The SMILES string of the molecule is CCC(=O)OCC1COC(C)(C)O1. The molecule has 1 aliphatic heterocycles. The molecule has 76 valence electrons. The monoisotopic (exact) mass is 188 g/mol. The first-order valence-electron chi connectivity index (χ1n) is 4.51. The molecule has 4 heteroatoms. The first-order chi connectivity index (χ1) is 6.03. The summed E-state index contributed by atoms with van der Waals surface area (Å²) < 4.78 is 15.7. The predicted molar refractivity (Wildman–Crippen MR) is 46.2 cm³/mol. The Hall–Kier alpha value is -0.610. The highest BCUT2D eigenvalue weighted by Gasteiger charge is 2.33. The summed E-state index contributed by atoms with van der Waals surface area (Å²) in [4.78, 5) is 10.8. The summed E-state index contributed by atoms with van der Waals surface area (Å²) >= 11 is 0. The van der Waals surface area contributed by atoms with Crippen LogP contribution in [-0.4, -0.2) is 31.1 Å². The summed E-state index contributed by atoms with van der Waals surface area (Å²) in [5, 5.41) is 0. The van der Waals surface area contributed by atoms with E-state index in [4.69, 9.17) is 14.2 Å². The third-order valence-electron chi connectivity index (χ3n) is 1.79. The predicted octanol–water partition coefficient (Wildman–Crippen LogP) is 1.09. The van der Waals surface area contributed by atoms with E-state index in [0.717, 1.165) is 0 Å². The van der Waals surface area contributed by atoms with E-state index in [-0.39, 0.29) is 18.7 Å². The van der Waals surface area contributed by atoms with E-state index >= 15 is 0 Å². The van der Waals surface area contributed by atoms with Gasteiger partial charge in [0.05, 0.1) is 6.61 Å². The van der Waals surface area contributed by atoms with Crippen LogP contribution in [0.1, 0.15) is 27.2 Å². The zero-order chi connectivity index (χ0) is 9.90. The molecule has 0 aromatic carbocycles. The van der Waals surface area contributed by atoms with Gasteiger partial charge in [0, 0.05) is 6.42 Å². The number of carbonyl (C=O) groups excluding carboxylic acids is 1. The number of esters is 1. The zero-order valence-electron chi connectivity index (χ0n) is 8.33. The van der Waals surface area contributed by atoms with Crippen molar-refractivity contribution in [3.8, 4) is 0 Å². The minimum Gasteiger partial charge on any atom is -0.463 e. The quantitative estimate of drug-likeness (QED) is 0.622. The van der Waals surface area contributed by atoms with Gasteiger partial charge in [-0.3, -0.25) is 4.79 Å². The van der Waals surface area contributed by atoms with Gasteiger partial charge in [0.1, 0.15) is 12.7 Å². The molecule has 1 aliphatic rings. The van der Waals surface area contributed by atoms with E-state index in [1.54, 1.807) is 6.92 Å². The largest absolute Gasteiger partial charge is 0.463 e. The van der Waals surface area contributed by atoms with Gasteiger partial charge in [0.25, 0.3) is 0 Å². The van der Waals surface area contributed by atoms with Crippen molar-refractivity contribution in [2.75, 3.05) is 13.2 Å². The number of hydrogen-bond acceptors (Lipinski definition) is 4. The second-order valence-electron chi connectivity index (χ2n) is 3.49. The van der Waals surface area contributed by atoms with Crippen molar-refractivity contribution in [1.29, 1.82) is 0 Å². The molecule has 1 fully saturated rings. The van der Waals surface area contributed by atoms with Gasteiger partial charge in [-0.25, -0.2) is 0 Å². The molecule has 1 atom stereocenters. The van der Waals surface area contributed by atoms with E-state index in [1.807, 2.05) is 13.8 Å². The van der Waals surface area contributed by atoms with Crippen LogP contribution >= 0.6 is 0 Å². The Morgan fingerprint density at radius 1 is 1.62 bits per heavy atom. The first kappa shape index (κ1) is 10.5. The summed E-state index contributed by atoms with van der Waals surface area (Å²) in [7, 11) is 0. The number of ether oxygens (including phenoxy) is 3. The Morgan fingerprint density at radius 2 is 2.31 bits per heavy atom. The maximum atomic E-state index is 10.8. The molecule has 1 saturated heterocycles. The van der Waals surface area contributed by atoms with E-state index in [1.165, 1.54) is 0 Å². The molecule has 0 aromatic heterocycles. The maximum Gasteiger partial charge on any atom is 0.305 e. The molecule has 0 radical (unpaired) electrons. The van der Waals surface area contributed by atoms with Gasteiger partial charge in [0.2, 0.25) is 0 Å². The van der Waals surface area contributed by atoms with Crippen LogP contribution < -0.4 is 0 Å². The Balaban J connectivity index is 2.21. The van der Waals surface area contributed by atoms with E-state index in [2.05, 4.69) is 0 Å². The van der Waals surface area contributed by atoms with Crippen LogP contribution in [0.25, 0.3) is 0 Å².